The zero-order valence-corrected chi connectivity index (χ0v) is 17.8. The van der Waals surface area contributed by atoms with Crippen molar-refractivity contribution < 1.29 is 14.3 Å². The maximum absolute atomic E-state index is 12.9. The minimum absolute atomic E-state index is 0.124. The lowest BCUT2D eigenvalue weighted by Gasteiger charge is -2.27. The number of ether oxygens (including phenoxy) is 1. The normalized spacial score (nSPS) is 21.7. The van der Waals surface area contributed by atoms with Crippen LogP contribution >= 0.6 is 0 Å². The maximum Gasteiger partial charge on any atom is 0.309 e. The molecule has 0 aliphatic heterocycles. The van der Waals surface area contributed by atoms with Gasteiger partial charge in [-0.3, -0.25) is 9.59 Å². The molecule has 0 spiro atoms. The molecule has 2 atom stereocenters. The zero-order chi connectivity index (χ0) is 20.5. The van der Waals surface area contributed by atoms with E-state index in [9.17, 15) is 9.59 Å². The van der Waals surface area contributed by atoms with Crippen molar-refractivity contribution >= 4 is 11.8 Å². The predicted octanol–water partition coefficient (Wildman–Crippen LogP) is 5.11. The summed E-state index contributed by atoms with van der Waals surface area (Å²) in [5.41, 5.74) is 7.67. The lowest BCUT2D eigenvalue weighted by Crippen LogP contribution is -2.26. The first kappa shape index (κ1) is 22.6. The van der Waals surface area contributed by atoms with Gasteiger partial charge in [0.2, 0.25) is 0 Å². The summed E-state index contributed by atoms with van der Waals surface area (Å²) in [5.74, 6) is 0.776. The van der Waals surface area contributed by atoms with Crippen molar-refractivity contribution in [2.24, 2.45) is 23.5 Å². The highest BCUT2D eigenvalue weighted by molar-refractivity contribution is 5.97. The average molecular weight is 388 g/mol. The van der Waals surface area contributed by atoms with Crippen LogP contribution < -0.4 is 5.73 Å². The smallest absolute Gasteiger partial charge is 0.309 e. The van der Waals surface area contributed by atoms with Crippen LogP contribution in [0.3, 0.4) is 0 Å². The quantitative estimate of drug-likeness (QED) is 0.447. The summed E-state index contributed by atoms with van der Waals surface area (Å²) in [7, 11) is 0. The number of hydrogen-bond acceptors (Lipinski definition) is 4. The van der Waals surface area contributed by atoms with E-state index < -0.39 is 0 Å². The van der Waals surface area contributed by atoms with Gasteiger partial charge in [0.05, 0.1) is 12.5 Å². The number of Topliss-reactive ketones (excluding diaryl/α,β-unsaturated/α-hetero) is 1. The standard InChI is InChI=1S/C24H37NO3/c1-4-6-22(17(3)24(27)28-15-5-2)19-11-13-21(14-12-19)23(26)20-9-7-18(16-25)8-10-20/h11-14,17-18,20,22H,4-10,15-16,25H2,1-3H3. The second-order valence-electron chi connectivity index (χ2n) is 8.29. The van der Waals surface area contributed by atoms with Crippen molar-refractivity contribution in [2.75, 3.05) is 13.2 Å². The maximum atomic E-state index is 12.9. The molecular formula is C24H37NO3. The summed E-state index contributed by atoms with van der Waals surface area (Å²) in [4.78, 5) is 25.2. The molecule has 1 aromatic rings. The lowest BCUT2D eigenvalue weighted by molar-refractivity contribution is -0.148. The fourth-order valence-corrected chi connectivity index (χ4v) is 4.31. The molecule has 0 saturated heterocycles. The monoisotopic (exact) mass is 387 g/mol. The molecule has 1 fully saturated rings. The summed E-state index contributed by atoms with van der Waals surface area (Å²) < 4.78 is 5.36. The number of benzene rings is 1. The number of rotatable bonds is 10. The highest BCUT2D eigenvalue weighted by Crippen LogP contribution is 2.33. The summed E-state index contributed by atoms with van der Waals surface area (Å²) in [6.07, 6.45) is 6.77. The Morgan fingerprint density at radius 2 is 1.71 bits per heavy atom. The number of carbonyl (C=O) groups is 2. The first-order valence-electron chi connectivity index (χ1n) is 11.0. The van der Waals surface area contributed by atoms with Gasteiger partial charge < -0.3 is 10.5 Å². The molecule has 2 rings (SSSR count). The summed E-state index contributed by atoms with van der Waals surface area (Å²) in [6.45, 7) is 7.29. The summed E-state index contributed by atoms with van der Waals surface area (Å²) in [5, 5.41) is 0. The van der Waals surface area contributed by atoms with Crippen LogP contribution in [0.25, 0.3) is 0 Å². The van der Waals surface area contributed by atoms with Gasteiger partial charge in [0, 0.05) is 11.5 Å². The van der Waals surface area contributed by atoms with E-state index in [0.29, 0.717) is 12.5 Å². The molecule has 0 heterocycles. The van der Waals surface area contributed by atoms with Gasteiger partial charge in [-0.05, 0) is 62.5 Å². The number of ketones is 1. The van der Waals surface area contributed by atoms with Crippen LogP contribution in [0.2, 0.25) is 0 Å². The largest absolute Gasteiger partial charge is 0.465 e. The van der Waals surface area contributed by atoms with E-state index in [1.165, 1.54) is 0 Å². The van der Waals surface area contributed by atoms with Gasteiger partial charge in [-0.2, -0.15) is 0 Å². The molecule has 156 valence electrons. The molecular weight excluding hydrogens is 350 g/mol. The summed E-state index contributed by atoms with van der Waals surface area (Å²) in [6, 6.07) is 7.95. The Hall–Kier alpha value is -1.68. The van der Waals surface area contributed by atoms with Crippen molar-refractivity contribution in [3.05, 3.63) is 35.4 Å². The highest BCUT2D eigenvalue weighted by Gasteiger charge is 2.28. The van der Waals surface area contributed by atoms with Gasteiger partial charge in [-0.1, -0.05) is 51.5 Å². The fourth-order valence-electron chi connectivity index (χ4n) is 4.31. The molecule has 1 aliphatic rings. The molecule has 1 aliphatic carbocycles. The molecule has 4 nitrogen and oxygen atoms in total. The molecule has 4 heteroatoms. The number of nitrogens with two attached hydrogens (primary N) is 1. The van der Waals surface area contributed by atoms with E-state index in [2.05, 4.69) is 6.92 Å². The Kier molecular flexibility index (Phi) is 9.17. The third kappa shape index (κ3) is 5.91. The predicted molar refractivity (Wildman–Crippen MR) is 113 cm³/mol. The number of hydrogen-bond donors (Lipinski definition) is 1. The highest BCUT2D eigenvalue weighted by atomic mass is 16.5. The second-order valence-corrected chi connectivity index (χ2v) is 8.29. The molecule has 1 aromatic carbocycles. The van der Waals surface area contributed by atoms with Crippen molar-refractivity contribution in [2.45, 2.75) is 71.6 Å². The molecule has 2 N–H and O–H groups in total. The second kappa shape index (κ2) is 11.4. The van der Waals surface area contributed by atoms with E-state index >= 15 is 0 Å². The first-order chi connectivity index (χ1) is 13.5. The van der Waals surface area contributed by atoms with E-state index in [4.69, 9.17) is 10.5 Å². The SMILES string of the molecule is CCCOC(=O)C(C)C(CCC)c1ccc(C(=O)C2CCC(CN)CC2)cc1. The van der Waals surface area contributed by atoms with Crippen LogP contribution in [0, 0.1) is 17.8 Å². The summed E-state index contributed by atoms with van der Waals surface area (Å²) >= 11 is 0. The van der Waals surface area contributed by atoms with Gasteiger partial charge in [-0.15, -0.1) is 0 Å². The Bertz CT molecular complexity index is 617. The van der Waals surface area contributed by atoms with Crippen LogP contribution in [0.4, 0.5) is 0 Å². The van der Waals surface area contributed by atoms with Crippen molar-refractivity contribution in [1.82, 2.24) is 0 Å². The van der Waals surface area contributed by atoms with Crippen LogP contribution in [0.5, 0.6) is 0 Å². The Morgan fingerprint density at radius 1 is 1.07 bits per heavy atom. The Balaban J connectivity index is 2.05. The van der Waals surface area contributed by atoms with Gasteiger partial charge in [0.1, 0.15) is 0 Å². The Morgan fingerprint density at radius 3 is 2.25 bits per heavy atom. The topological polar surface area (TPSA) is 69.4 Å². The third-order valence-corrected chi connectivity index (χ3v) is 6.20. The molecule has 0 radical (unpaired) electrons. The molecule has 0 bridgehead atoms. The van der Waals surface area contributed by atoms with Crippen molar-refractivity contribution in [3.63, 3.8) is 0 Å². The van der Waals surface area contributed by atoms with E-state index in [0.717, 1.165) is 62.6 Å². The van der Waals surface area contributed by atoms with Crippen LogP contribution in [0.15, 0.2) is 24.3 Å². The third-order valence-electron chi connectivity index (χ3n) is 6.20. The first-order valence-corrected chi connectivity index (χ1v) is 11.0. The van der Waals surface area contributed by atoms with Gasteiger partial charge in [-0.25, -0.2) is 0 Å². The van der Waals surface area contributed by atoms with E-state index in [1.807, 2.05) is 38.1 Å². The van der Waals surface area contributed by atoms with Crippen LogP contribution in [-0.2, 0) is 9.53 Å². The van der Waals surface area contributed by atoms with Gasteiger partial charge in [0.25, 0.3) is 0 Å². The van der Waals surface area contributed by atoms with Gasteiger partial charge >= 0.3 is 5.97 Å². The number of carbonyl (C=O) groups excluding carboxylic acids is 2. The molecule has 1 saturated carbocycles. The van der Waals surface area contributed by atoms with E-state index in [-0.39, 0.29) is 29.5 Å². The minimum Gasteiger partial charge on any atom is -0.465 e. The zero-order valence-electron chi connectivity index (χ0n) is 17.8. The Labute approximate surface area is 170 Å². The average Bonchev–Trinajstić information content (AvgIpc) is 2.75. The molecule has 28 heavy (non-hydrogen) atoms. The molecule has 2 unspecified atom stereocenters. The molecule has 0 amide bonds. The van der Waals surface area contributed by atoms with Crippen molar-refractivity contribution in [3.8, 4) is 0 Å². The lowest BCUT2D eigenvalue weighted by atomic mass is 9.78. The van der Waals surface area contributed by atoms with Crippen LogP contribution in [-0.4, -0.2) is 24.9 Å². The van der Waals surface area contributed by atoms with Gasteiger partial charge in [0.15, 0.2) is 5.78 Å². The minimum atomic E-state index is -0.181. The van der Waals surface area contributed by atoms with Crippen LogP contribution in [0.1, 0.15) is 87.6 Å². The van der Waals surface area contributed by atoms with E-state index in [1.54, 1.807) is 0 Å². The molecule has 0 aromatic heterocycles. The fraction of sp³-hybridized carbons (Fsp3) is 0.667. The number of esters is 1. The van der Waals surface area contributed by atoms with Crippen molar-refractivity contribution in [1.29, 1.82) is 0 Å².